The van der Waals surface area contributed by atoms with Gasteiger partial charge in [0.15, 0.2) is 5.17 Å². The van der Waals surface area contributed by atoms with Gasteiger partial charge in [-0.25, -0.2) is 9.79 Å². The van der Waals surface area contributed by atoms with Gasteiger partial charge in [-0.1, -0.05) is 15.9 Å². The number of carboxylic acid groups (broad SMARTS) is 1. The van der Waals surface area contributed by atoms with E-state index in [1.807, 2.05) is 38.1 Å². The Morgan fingerprint density at radius 3 is 2.59 bits per heavy atom. The molecule has 150 valence electrons. The van der Waals surface area contributed by atoms with Crippen molar-refractivity contribution in [1.29, 1.82) is 0 Å². The second kappa shape index (κ2) is 9.28. The molecule has 1 amide bonds. The van der Waals surface area contributed by atoms with Crippen LogP contribution < -0.4 is 4.74 Å². The zero-order chi connectivity index (χ0) is 21.0. The number of thioether (sulfide) groups is 1. The maximum absolute atomic E-state index is 12.9. The van der Waals surface area contributed by atoms with Crippen LogP contribution in [-0.4, -0.2) is 40.2 Å². The number of halogens is 1. The van der Waals surface area contributed by atoms with Crippen LogP contribution >= 0.6 is 27.7 Å². The molecule has 1 heterocycles. The number of rotatable bonds is 6. The van der Waals surface area contributed by atoms with Gasteiger partial charge in [-0.2, -0.15) is 0 Å². The fourth-order valence-electron chi connectivity index (χ4n) is 2.72. The summed E-state index contributed by atoms with van der Waals surface area (Å²) in [6, 6.07) is 11.9. The SMILES string of the molecule is CCOc1ccc(Br)cc1C=C1SC(=Nc2ccc(C(=O)O)cc2)N(CC)C1=O. The van der Waals surface area contributed by atoms with Crippen LogP contribution in [0.4, 0.5) is 5.69 Å². The molecule has 29 heavy (non-hydrogen) atoms. The average molecular weight is 475 g/mol. The molecule has 1 aliphatic rings. The molecular formula is C21H19BrN2O4S. The van der Waals surface area contributed by atoms with Crippen molar-refractivity contribution in [2.75, 3.05) is 13.2 Å². The molecule has 0 aliphatic carbocycles. The van der Waals surface area contributed by atoms with E-state index in [1.165, 1.54) is 23.9 Å². The predicted molar refractivity (Wildman–Crippen MR) is 119 cm³/mol. The van der Waals surface area contributed by atoms with E-state index in [0.29, 0.717) is 34.7 Å². The molecule has 6 nitrogen and oxygen atoms in total. The van der Waals surface area contributed by atoms with E-state index >= 15 is 0 Å². The van der Waals surface area contributed by atoms with Gasteiger partial charge < -0.3 is 9.84 Å². The summed E-state index contributed by atoms with van der Waals surface area (Å²) in [4.78, 5) is 30.5. The lowest BCUT2D eigenvalue weighted by molar-refractivity contribution is -0.122. The van der Waals surface area contributed by atoms with Gasteiger partial charge >= 0.3 is 5.97 Å². The molecule has 2 aromatic rings. The lowest BCUT2D eigenvalue weighted by Crippen LogP contribution is -2.28. The summed E-state index contributed by atoms with van der Waals surface area (Å²) in [6.45, 7) is 4.80. The van der Waals surface area contributed by atoms with Crippen LogP contribution in [0.1, 0.15) is 29.8 Å². The Hall–Kier alpha value is -2.58. The van der Waals surface area contributed by atoms with E-state index in [-0.39, 0.29) is 11.5 Å². The first kappa shape index (κ1) is 21.1. The number of carbonyl (C=O) groups excluding carboxylic acids is 1. The van der Waals surface area contributed by atoms with E-state index in [0.717, 1.165) is 10.0 Å². The lowest BCUT2D eigenvalue weighted by Gasteiger charge is -2.12. The van der Waals surface area contributed by atoms with E-state index < -0.39 is 5.97 Å². The number of benzene rings is 2. The maximum atomic E-state index is 12.9. The first-order valence-corrected chi connectivity index (χ1v) is 10.6. The number of nitrogens with zero attached hydrogens (tertiary/aromatic N) is 2. The Balaban J connectivity index is 1.94. The smallest absolute Gasteiger partial charge is 0.335 e. The van der Waals surface area contributed by atoms with E-state index in [4.69, 9.17) is 9.84 Å². The summed E-state index contributed by atoms with van der Waals surface area (Å²) in [5, 5.41) is 9.57. The van der Waals surface area contributed by atoms with Gasteiger partial charge in [0.25, 0.3) is 5.91 Å². The number of amidine groups is 1. The van der Waals surface area contributed by atoms with Gasteiger partial charge in [0.2, 0.25) is 0 Å². The van der Waals surface area contributed by atoms with Crippen LogP contribution in [-0.2, 0) is 4.79 Å². The van der Waals surface area contributed by atoms with Crippen LogP contribution in [0.5, 0.6) is 5.75 Å². The third kappa shape index (κ3) is 4.89. The molecule has 0 saturated carbocycles. The largest absolute Gasteiger partial charge is 0.493 e. The second-order valence-electron chi connectivity index (χ2n) is 6.02. The van der Waals surface area contributed by atoms with Gasteiger partial charge in [-0.05, 0) is 74.1 Å². The molecule has 0 aromatic heterocycles. The second-order valence-corrected chi connectivity index (χ2v) is 7.95. The highest BCUT2D eigenvalue weighted by Crippen LogP contribution is 2.36. The molecule has 1 aliphatic heterocycles. The quantitative estimate of drug-likeness (QED) is 0.584. The van der Waals surface area contributed by atoms with Crippen molar-refractivity contribution in [1.82, 2.24) is 4.90 Å². The minimum absolute atomic E-state index is 0.124. The number of hydrogen-bond acceptors (Lipinski definition) is 5. The number of amides is 1. The zero-order valence-corrected chi connectivity index (χ0v) is 18.3. The molecule has 2 aromatic carbocycles. The average Bonchev–Trinajstić information content (AvgIpc) is 2.98. The van der Waals surface area contributed by atoms with Crippen LogP contribution in [0.3, 0.4) is 0 Å². The molecule has 3 rings (SSSR count). The number of carboxylic acids is 1. The topological polar surface area (TPSA) is 79.2 Å². The molecule has 0 spiro atoms. The van der Waals surface area contributed by atoms with Gasteiger partial charge in [0, 0.05) is 16.6 Å². The van der Waals surface area contributed by atoms with Gasteiger partial charge in [-0.15, -0.1) is 0 Å². The summed E-state index contributed by atoms with van der Waals surface area (Å²) >= 11 is 4.74. The molecule has 0 bridgehead atoms. The van der Waals surface area contributed by atoms with Crippen molar-refractivity contribution < 1.29 is 19.4 Å². The molecule has 0 atom stereocenters. The van der Waals surface area contributed by atoms with Gasteiger partial charge in [-0.3, -0.25) is 9.69 Å². The van der Waals surface area contributed by atoms with Crippen molar-refractivity contribution in [2.45, 2.75) is 13.8 Å². The van der Waals surface area contributed by atoms with Crippen molar-refractivity contribution in [3.8, 4) is 5.75 Å². The van der Waals surface area contributed by atoms with Crippen LogP contribution in [0.2, 0.25) is 0 Å². The lowest BCUT2D eigenvalue weighted by atomic mass is 10.2. The minimum atomic E-state index is -0.992. The van der Waals surface area contributed by atoms with Gasteiger partial charge in [0.05, 0.1) is 22.8 Å². The van der Waals surface area contributed by atoms with Crippen LogP contribution in [0.25, 0.3) is 6.08 Å². The first-order chi connectivity index (χ1) is 13.9. The van der Waals surface area contributed by atoms with Crippen molar-refractivity contribution in [3.63, 3.8) is 0 Å². The van der Waals surface area contributed by atoms with Crippen LogP contribution in [0.15, 0.2) is 56.8 Å². The molecule has 1 saturated heterocycles. The Labute approximate surface area is 181 Å². The third-order valence-electron chi connectivity index (χ3n) is 4.10. The molecule has 1 fully saturated rings. The molecule has 8 heteroatoms. The Kier molecular flexibility index (Phi) is 6.76. The van der Waals surface area contributed by atoms with Crippen molar-refractivity contribution in [3.05, 3.63) is 63.0 Å². The molecular weight excluding hydrogens is 456 g/mol. The van der Waals surface area contributed by atoms with E-state index in [2.05, 4.69) is 20.9 Å². The monoisotopic (exact) mass is 474 g/mol. The normalized spacial score (nSPS) is 16.7. The van der Waals surface area contributed by atoms with Crippen LogP contribution in [0, 0.1) is 0 Å². The standard InChI is InChI=1S/C21H19BrN2O4S/c1-3-24-19(25)18(12-14-11-15(22)7-10-17(14)28-4-2)29-21(24)23-16-8-5-13(6-9-16)20(26)27/h5-12H,3-4H2,1-2H3,(H,26,27). The Morgan fingerprint density at radius 2 is 1.97 bits per heavy atom. The third-order valence-corrected chi connectivity index (χ3v) is 5.60. The molecule has 0 unspecified atom stereocenters. The fraction of sp³-hybridized carbons (Fsp3) is 0.190. The summed E-state index contributed by atoms with van der Waals surface area (Å²) < 4.78 is 6.56. The minimum Gasteiger partial charge on any atom is -0.493 e. The summed E-state index contributed by atoms with van der Waals surface area (Å²) in [5.74, 6) is -0.413. The maximum Gasteiger partial charge on any atom is 0.335 e. The van der Waals surface area contributed by atoms with Gasteiger partial charge in [0.1, 0.15) is 5.75 Å². The Morgan fingerprint density at radius 1 is 1.24 bits per heavy atom. The number of aromatic carboxylic acids is 1. The van der Waals surface area contributed by atoms with Crippen molar-refractivity contribution >= 4 is 56.5 Å². The van der Waals surface area contributed by atoms with Crippen molar-refractivity contribution in [2.24, 2.45) is 4.99 Å². The van der Waals surface area contributed by atoms with E-state index in [1.54, 1.807) is 17.0 Å². The highest BCUT2D eigenvalue weighted by atomic mass is 79.9. The number of hydrogen-bond donors (Lipinski definition) is 1. The highest BCUT2D eigenvalue weighted by molar-refractivity contribution is 9.10. The summed E-state index contributed by atoms with van der Waals surface area (Å²) in [7, 11) is 0. The molecule has 0 radical (unpaired) electrons. The Bertz CT molecular complexity index is 1000. The number of likely N-dealkylation sites (N-methyl/N-ethyl adjacent to an activating group) is 1. The highest BCUT2D eigenvalue weighted by Gasteiger charge is 2.32. The number of carbonyl (C=O) groups is 2. The summed E-state index contributed by atoms with van der Waals surface area (Å²) in [6.07, 6.45) is 1.81. The molecule has 1 N–H and O–H groups in total. The predicted octanol–water partition coefficient (Wildman–Crippen LogP) is 5.17. The number of aliphatic imine (C=N–C) groups is 1. The summed E-state index contributed by atoms with van der Waals surface area (Å²) in [5.41, 5.74) is 1.58. The number of ether oxygens (including phenoxy) is 1. The zero-order valence-electron chi connectivity index (χ0n) is 15.9. The fourth-order valence-corrected chi connectivity index (χ4v) is 4.15. The van der Waals surface area contributed by atoms with E-state index in [9.17, 15) is 9.59 Å². The first-order valence-electron chi connectivity index (χ1n) is 8.98.